The number of carbonyl (C=O) groups is 2. The number of hydrogen-bond acceptors (Lipinski definition) is 3. The molecular formula is C21H24Cl2N2O3. The second-order valence-corrected chi connectivity index (χ2v) is 7.16. The molecule has 0 bridgehead atoms. The first kappa shape index (κ1) is 22.1. The van der Waals surface area contributed by atoms with Gasteiger partial charge in [-0.05, 0) is 41.8 Å². The molecule has 0 aliphatic heterocycles. The highest BCUT2D eigenvalue weighted by molar-refractivity contribution is 6.35. The number of methoxy groups -OCH3 is 1. The van der Waals surface area contributed by atoms with E-state index in [-0.39, 0.29) is 18.2 Å². The lowest BCUT2D eigenvalue weighted by molar-refractivity contribution is -0.140. The molecule has 0 fully saturated rings. The third-order valence-electron chi connectivity index (χ3n) is 4.50. The van der Waals surface area contributed by atoms with Crippen LogP contribution in [0.3, 0.4) is 0 Å². The Bertz CT molecular complexity index is 825. The summed E-state index contributed by atoms with van der Waals surface area (Å²) in [7, 11) is 3.16. The van der Waals surface area contributed by atoms with Gasteiger partial charge in [0.05, 0.1) is 13.5 Å². The minimum Gasteiger partial charge on any atom is -0.497 e. The number of nitrogens with one attached hydrogen (secondary N) is 1. The van der Waals surface area contributed by atoms with Crippen molar-refractivity contribution in [2.45, 2.75) is 32.4 Å². The number of nitrogens with zero attached hydrogens (tertiary/aromatic N) is 1. The summed E-state index contributed by atoms with van der Waals surface area (Å²) in [5.74, 6) is 0.343. The first-order valence-corrected chi connectivity index (χ1v) is 9.73. The Morgan fingerprint density at radius 2 is 1.82 bits per heavy atom. The molecule has 0 spiro atoms. The zero-order valence-electron chi connectivity index (χ0n) is 16.2. The maximum Gasteiger partial charge on any atom is 0.242 e. The molecule has 0 aliphatic rings. The monoisotopic (exact) mass is 422 g/mol. The summed E-state index contributed by atoms with van der Waals surface area (Å²) in [4.78, 5) is 27.1. The van der Waals surface area contributed by atoms with Crippen LogP contribution >= 0.6 is 23.2 Å². The van der Waals surface area contributed by atoms with E-state index >= 15 is 0 Å². The lowest BCUT2D eigenvalue weighted by Crippen LogP contribution is -2.48. The third-order valence-corrected chi connectivity index (χ3v) is 5.09. The molecule has 2 aromatic rings. The molecule has 2 amide bonds. The van der Waals surface area contributed by atoms with Crippen molar-refractivity contribution in [3.05, 3.63) is 63.6 Å². The molecule has 2 aromatic carbocycles. The van der Waals surface area contributed by atoms with Crippen molar-refractivity contribution in [2.24, 2.45) is 0 Å². The summed E-state index contributed by atoms with van der Waals surface area (Å²) in [6.45, 7) is 2.18. The standard InChI is InChI=1S/C21H24Cl2N2O3/c1-4-19(21(27)24-2)25(13-14-5-9-17(28-3)10-6-14)20(26)11-15-7-8-16(22)12-18(15)23/h5-10,12,19H,4,11,13H2,1-3H3,(H,24,27). The summed E-state index contributed by atoms with van der Waals surface area (Å²) in [5.41, 5.74) is 1.57. The van der Waals surface area contributed by atoms with Gasteiger partial charge in [0, 0.05) is 23.6 Å². The molecule has 1 N–H and O–H groups in total. The van der Waals surface area contributed by atoms with E-state index in [1.54, 1.807) is 37.3 Å². The number of carbonyl (C=O) groups excluding carboxylic acids is 2. The van der Waals surface area contributed by atoms with E-state index in [0.717, 1.165) is 11.3 Å². The smallest absolute Gasteiger partial charge is 0.242 e. The van der Waals surface area contributed by atoms with Gasteiger partial charge >= 0.3 is 0 Å². The van der Waals surface area contributed by atoms with Crippen LogP contribution in [0.1, 0.15) is 24.5 Å². The van der Waals surface area contributed by atoms with Gasteiger partial charge in [0.25, 0.3) is 0 Å². The fourth-order valence-electron chi connectivity index (χ4n) is 2.94. The molecule has 28 heavy (non-hydrogen) atoms. The summed E-state index contributed by atoms with van der Waals surface area (Å²) < 4.78 is 5.18. The molecule has 5 nitrogen and oxygen atoms in total. The Kier molecular flexibility index (Phi) is 8.15. The minimum absolute atomic E-state index is 0.0830. The van der Waals surface area contributed by atoms with Gasteiger partial charge in [-0.1, -0.05) is 48.3 Å². The maximum absolute atomic E-state index is 13.1. The Labute approximate surface area is 175 Å². The summed E-state index contributed by atoms with van der Waals surface area (Å²) in [5, 5.41) is 3.58. The van der Waals surface area contributed by atoms with Gasteiger partial charge < -0.3 is 15.0 Å². The molecule has 0 aromatic heterocycles. The molecule has 2 rings (SSSR count). The van der Waals surface area contributed by atoms with Crippen LogP contribution in [0, 0.1) is 0 Å². The first-order valence-electron chi connectivity index (χ1n) is 8.97. The number of amides is 2. The van der Waals surface area contributed by atoms with Gasteiger partial charge in [0.1, 0.15) is 11.8 Å². The number of rotatable bonds is 8. The molecular weight excluding hydrogens is 399 g/mol. The normalized spacial score (nSPS) is 11.6. The number of benzene rings is 2. The van der Waals surface area contributed by atoms with E-state index < -0.39 is 6.04 Å². The van der Waals surface area contributed by atoms with Crippen molar-refractivity contribution >= 4 is 35.0 Å². The van der Waals surface area contributed by atoms with Crippen LogP contribution in [0.2, 0.25) is 10.0 Å². The maximum atomic E-state index is 13.1. The van der Waals surface area contributed by atoms with Crippen molar-refractivity contribution in [3.63, 3.8) is 0 Å². The Hall–Kier alpha value is -2.24. The SMILES string of the molecule is CCC(C(=O)NC)N(Cc1ccc(OC)cc1)C(=O)Cc1ccc(Cl)cc1Cl. The van der Waals surface area contributed by atoms with Crippen LogP contribution in [0.15, 0.2) is 42.5 Å². The molecule has 0 aliphatic carbocycles. The molecule has 0 heterocycles. The molecule has 1 unspecified atom stereocenters. The van der Waals surface area contributed by atoms with E-state index in [4.69, 9.17) is 27.9 Å². The third kappa shape index (κ3) is 5.63. The molecule has 7 heteroatoms. The van der Waals surface area contributed by atoms with Crippen LogP contribution < -0.4 is 10.1 Å². The van der Waals surface area contributed by atoms with E-state index in [2.05, 4.69) is 5.32 Å². The van der Waals surface area contributed by atoms with Crippen molar-refractivity contribution in [3.8, 4) is 5.75 Å². The van der Waals surface area contributed by atoms with E-state index in [0.29, 0.717) is 28.6 Å². The van der Waals surface area contributed by atoms with Gasteiger partial charge in [0.2, 0.25) is 11.8 Å². The first-order chi connectivity index (χ1) is 13.4. The van der Waals surface area contributed by atoms with Gasteiger partial charge in [-0.25, -0.2) is 0 Å². The Morgan fingerprint density at radius 1 is 1.14 bits per heavy atom. The topological polar surface area (TPSA) is 58.6 Å². The molecule has 150 valence electrons. The highest BCUT2D eigenvalue weighted by Crippen LogP contribution is 2.23. The second-order valence-electron chi connectivity index (χ2n) is 6.32. The number of hydrogen-bond donors (Lipinski definition) is 1. The molecule has 1 atom stereocenters. The number of likely N-dealkylation sites (N-methyl/N-ethyl adjacent to an activating group) is 1. The van der Waals surface area contributed by atoms with Crippen LogP contribution in [-0.4, -0.2) is 36.9 Å². The van der Waals surface area contributed by atoms with Crippen molar-refractivity contribution in [2.75, 3.05) is 14.2 Å². The van der Waals surface area contributed by atoms with Gasteiger partial charge in [-0.3, -0.25) is 9.59 Å². The zero-order chi connectivity index (χ0) is 20.7. The van der Waals surface area contributed by atoms with Crippen LogP contribution in [-0.2, 0) is 22.6 Å². The summed E-state index contributed by atoms with van der Waals surface area (Å²) in [6.07, 6.45) is 0.579. The van der Waals surface area contributed by atoms with Crippen LogP contribution in [0.5, 0.6) is 5.75 Å². The minimum atomic E-state index is -0.578. The van der Waals surface area contributed by atoms with Gasteiger partial charge in [0.15, 0.2) is 0 Å². The van der Waals surface area contributed by atoms with E-state index in [1.807, 2.05) is 31.2 Å². The average Bonchev–Trinajstić information content (AvgIpc) is 2.70. The van der Waals surface area contributed by atoms with Crippen molar-refractivity contribution < 1.29 is 14.3 Å². The lowest BCUT2D eigenvalue weighted by Gasteiger charge is -2.30. The Balaban J connectivity index is 2.29. The highest BCUT2D eigenvalue weighted by atomic mass is 35.5. The summed E-state index contributed by atoms with van der Waals surface area (Å²) >= 11 is 12.2. The second kappa shape index (κ2) is 10.3. The molecule has 0 radical (unpaired) electrons. The molecule has 0 saturated heterocycles. The van der Waals surface area contributed by atoms with E-state index in [1.165, 1.54) is 0 Å². The number of halogens is 2. The van der Waals surface area contributed by atoms with Crippen molar-refractivity contribution in [1.29, 1.82) is 0 Å². The Morgan fingerprint density at radius 3 is 2.36 bits per heavy atom. The quantitative estimate of drug-likeness (QED) is 0.696. The zero-order valence-corrected chi connectivity index (χ0v) is 17.7. The van der Waals surface area contributed by atoms with E-state index in [9.17, 15) is 9.59 Å². The summed E-state index contributed by atoms with van der Waals surface area (Å²) in [6, 6.07) is 11.9. The predicted octanol–water partition coefficient (Wildman–Crippen LogP) is 4.10. The van der Waals surface area contributed by atoms with Crippen LogP contribution in [0.4, 0.5) is 0 Å². The van der Waals surface area contributed by atoms with Crippen molar-refractivity contribution in [1.82, 2.24) is 10.2 Å². The number of ether oxygens (including phenoxy) is 1. The average molecular weight is 423 g/mol. The fourth-order valence-corrected chi connectivity index (χ4v) is 3.42. The largest absolute Gasteiger partial charge is 0.497 e. The van der Waals surface area contributed by atoms with Gasteiger partial charge in [-0.2, -0.15) is 0 Å². The van der Waals surface area contributed by atoms with Gasteiger partial charge in [-0.15, -0.1) is 0 Å². The predicted molar refractivity (Wildman–Crippen MR) is 112 cm³/mol. The van der Waals surface area contributed by atoms with Crippen LogP contribution in [0.25, 0.3) is 0 Å². The highest BCUT2D eigenvalue weighted by Gasteiger charge is 2.28. The molecule has 0 saturated carbocycles. The lowest BCUT2D eigenvalue weighted by atomic mass is 10.1. The fraction of sp³-hybridized carbons (Fsp3) is 0.333.